The maximum absolute atomic E-state index is 12.9. The predicted molar refractivity (Wildman–Crippen MR) is 86.8 cm³/mol. The molecule has 1 amide bonds. The average Bonchev–Trinajstić information content (AvgIpc) is 2.48. The van der Waals surface area contributed by atoms with E-state index in [-0.39, 0.29) is 33.8 Å². The van der Waals surface area contributed by atoms with E-state index >= 15 is 0 Å². The lowest BCUT2D eigenvalue weighted by Crippen LogP contribution is -2.26. The van der Waals surface area contributed by atoms with E-state index in [9.17, 15) is 17.6 Å². The number of carbonyl (C=O) groups excluding carboxylic acids is 1. The van der Waals surface area contributed by atoms with E-state index in [0.717, 1.165) is 11.8 Å². The number of hydrogen-bond acceptors (Lipinski definition) is 3. The first kappa shape index (κ1) is 17.4. The van der Waals surface area contributed by atoms with Gasteiger partial charge in [-0.15, -0.1) is 0 Å². The van der Waals surface area contributed by atoms with Crippen molar-refractivity contribution in [2.75, 3.05) is 13.3 Å². The highest BCUT2D eigenvalue weighted by atomic mass is 35.5. The number of sulfone groups is 1. The summed E-state index contributed by atoms with van der Waals surface area (Å²) in [4.78, 5) is 13.8. The molecule has 0 saturated carbocycles. The largest absolute Gasteiger partial charge is 0.337 e. The molecule has 0 unspecified atom stereocenters. The van der Waals surface area contributed by atoms with Crippen molar-refractivity contribution in [3.63, 3.8) is 0 Å². The Morgan fingerprint density at radius 2 is 1.78 bits per heavy atom. The minimum Gasteiger partial charge on any atom is -0.337 e. The number of benzene rings is 2. The van der Waals surface area contributed by atoms with E-state index < -0.39 is 9.84 Å². The van der Waals surface area contributed by atoms with Gasteiger partial charge in [0.2, 0.25) is 0 Å². The standard InChI is InChI=1S/C16H15ClFNO3S/c1-19(10-11-3-6-13(18)7-4-11)16(20)12-5-8-14(17)15(9-12)23(2,21)22/h3-9H,10H2,1-2H3. The van der Waals surface area contributed by atoms with Gasteiger partial charge in [-0.05, 0) is 35.9 Å². The molecule has 0 bridgehead atoms. The van der Waals surface area contributed by atoms with Crippen molar-refractivity contribution in [3.05, 3.63) is 64.4 Å². The molecule has 0 aliphatic carbocycles. The van der Waals surface area contributed by atoms with Crippen molar-refractivity contribution in [2.24, 2.45) is 0 Å². The van der Waals surface area contributed by atoms with Crippen LogP contribution in [-0.4, -0.2) is 32.5 Å². The van der Waals surface area contributed by atoms with E-state index in [1.54, 1.807) is 19.2 Å². The first-order valence-electron chi connectivity index (χ1n) is 6.68. The van der Waals surface area contributed by atoms with E-state index in [2.05, 4.69) is 0 Å². The second-order valence-electron chi connectivity index (χ2n) is 5.21. The molecule has 0 saturated heterocycles. The molecule has 0 radical (unpaired) electrons. The Balaban J connectivity index is 2.24. The summed E-state index contributed by atoms with van der Waals surface area (Å²) in [6, 6.07) is 9.93. The van der Waals surface area contributed by atoms with Crippen molar-refractivity contribution in [2.45, 2.75) is 11.4 Å². The summed E-state index contributed by atoms with van der Waals surface area (Å²) in [6.45, 7) is 0.274. The van der Waals surface area contributed by atoms with Gasteiger partial charge in [0.05, 0.1) is 9.92 Å². The molecule has 0 N–H and O–H groups in total. The Kier molecular flexibility index (Phi) is 5.06. The molecular formula is C16H15ClFNO3S. The fourth-order valence-electron chi connectivity index (χ4n) is 2.08. The van der Waals surface area contributed by atoms with Crippen LogP contribution in [0.15, 0.2) is 47.4 Å². The first-order chi connectivity index (χ1) is 10.7. The first-order valence-corrected chi connectivity index (χ1v) is 8.95. The monoisotopic (exact) mass is 355 g/mol. The summed E-state index contributed by atoms with van der Waals surface area (Å²) in [6.07, 6.45) is 1.03. The third-order valence-electron chi connectivity index (χ3n) is 3.26. The van der Waals surface area contributed by atoms with Crippen molar-refractivity contribution in [1.29, 1.82) is 0 Å². The van der Waals surface area contributed by atoms with E-state index in [1.165, 1.54) is 35.2 Å². The zero-order valence-corrected chi connectivity index (χ0v) is 14.2. The molecule has 0 aromatic heterocycles. The highest BCUT2D eigenvalue weighted by molar-refractivity contribution is 7.90. The van der Waals surface area contributed by atoms with Crippen LogP contribution in [0, 0.1) is 5.82 Å². The van der Waals surface area contributed by atoms with Gasteiger partial charge in [-0.2, -0.15) is 0 Å². The van der Waals surface area contributed by atoms with Crippen LogP contribution >= 0.6 is 11.6 Å². The van der Waals surface area contributed by atoms with Crippen LogP contribution in [-0.2, 0) is 16.4 Å². The molecular weight excluding hydrogens is 341 g/mol. The second-order valence-corrected chi connectivity index (χ2v) is 7.60. The molecule has 122 valence electrons. The minimum absolute atomic E-state index is 0.0743. The SMILES string of the molecule is CN(Cc1ccc(F)cc1)C(=O)c1ccc(Cl)c(S(C)(=O)=O)c1. The van der Waals surface area contributed by atoms with Crippen molar-refractivity contribution in [3.8, 4) is 0 Å². The lowest BCUT2D eigenvalue weighted by Gasteiger charge is -2.18. The summed E-state index contributed by atoms with van der Waals surface area (Å²) < 4.78 is 36.2. The van der Waals surface area contributed by atoms with Gasteiger partial charge in [-0.25, -0.2) is 12.8 Å². The maximum Gasteiger partial charge on any atom is 0.253 e. The smallest absolute Gasteiger partial charge is 0.253 e. The molecule has 0 aliphatic rings. The van der Waals surface area contributed by atoms with Gasteiger partial charge in [0, 0.05) is 25.4 Å². The van der Waals surface area contributed by atoms with E-state index in [1.807, 2.05) is 0 Å². The summed E-state index contributed by atoms with van der Waals surface area (Å²) in [5.74, 6) is -0.700. The van der Waals surface area contributed by atoms with E-state index in [4.69, 9.17) is 11.6 Å². The zero-order chi connectivity index (χ0) is 17.2. The molecule has 2 aromatic rings. The van der Waals surface area contributed by atoms with Crippen LogP contribution in [0.2, 0.25) is 5.02 Å². The number of nitrogens with zero attached hydrogens (tertiary/aromatic N) is 1. The van der Waals surface area contributed by atoms with Gasteiger partial charge in [-0.3, -0.25) is 4.79 Å². The summed E-state index contributed by atoms with van der Waals surface area (Å²) in [5, 5.41) is 0.0743. The van der Waals surface area contributed by atoms with Crippen LogP contribution in [0.1, 0.15) is 15.9 Å². The topological polar surface area (TPSA) is 54.5 Å². The van der Waals surface area contributed by atoms with Gasteiger partial charge in [0.15, 0.2) is 9.84 Å². The van der Waals surface area contributed by atoms with Crippen molar-refractivity contribution < 1.29 is 17.6 Å². The summed E-state index contributed by atoms with van der Waals surface area (Å²) in [5.41, 5.74) is 0.985. The number of carbonyl (C=O) groups is 1. The van der Waals surface area contributed by atoms with Crippen LogP contribution in [0.5, 0.6) is 0 Å². The number of amides is 1. The molecule has 0 atom stereocenters. The van der Waals surface area contributed by atoms with Crippen LogP contribution in [0.25, 0.3) is 0 Å². The normalized spacial score (nSPS) is 11.3. The highest BCUT2D eigenvalue weighted by Gasteiger charge is 2.18. The maximum atomic E-state index is 12.9. The van der Waals surface area contributed by atoms with Gasteiger partial charge in [0.25, 0.3) is 5.91 Å². The third kappa shape index (κ3) is 4.30. The summed E-state index contributed by atoms with van der Waals surface area (Å²) >= 11 is 5.87. The minimum atomic E-state index is -3.52. The van der Waals surface area contributed by atoms with Crippen molar-refractivity contribution in [1.82, 2.24) is 4.90 Å². The van der Waals surface area contributed by atoms with Gasteiger partial charge >= 0.3 is 0 Å². The Labute approximate surface area is 139 Å². The molecule has 23 heavy (non-hydrogen) atoms. The number of halogens is 2. The fraction of sp³-hybridized carbons (Fsp3) is 0.188. The Morgan fingerprint density at radius 3 is 2.35 bits per heavy atom. The zero-order valence-electron chi connectivity index (χ0n) is 12.6. The third-order valence-corrected chi connectivity index (χ3v) is 4.84. The molecule has 0 aliphatic heterocycles. The lowest BCUT2D eigenvalue weighted by atomic mass is 10.1. The van der Waals surface area contributed by atoms with Crippen molar-refractivity contribution >= 4 is 27.3 Å². The van der Waals surface area contributed by atoms with Crippen LogP contribution in [0.3, 0.4) is 0 Å². The second kappa shape index (κ2) is 6.68. The Morgan fingerprint density at radius 1 is 1.17 bits per heavy atom. The van der Waals surface area contributed by atoms with E-state index in [0.29, 0.717) is 0 Å². The Bertz CT molecular complexity index is 835. The van der Waals surface area contributed by atoms with Gasteiger partial charge in [0.1, 0.15) is 5.82 Å². The molecule has 4 nitrogen and oxygen atoms in total. The van der Waals surface area contributed by atoms with Gasteiger partial charge < -0.3 is 4.90 Å². The quantitative estimate of drug-likeness (QED) is 0.846. The Hall–Kier alpha value is -1.92. The molecule has 7 heteroatoms. The predicted octanol–water partition coefficient (Wildman–Crippen LogP) is 3.15. The molecule has 2 aromatic carbocycles. The van der Waals surface area contributed by atoms with Crippen LogP contribution < -0.4 is 0 Å². The highest BCUT2D eigenvalue weighted by Crippen LogP contribution is 2.23. The number of hydrogen-bond donors (Lipinski definition) is 0. The lowest BCUT2D eigenvalue weighted by molar-refractivity contribution is 0.0785. The van der Waals surface area contributed by atoms with Gasteiger partial charge in [-0.1, -0.05) is 23.7 Å². The molecule has 0 spiro atoms. The number of rotatable bonds is 4. The molecule has 2 rings (SSSR count). The summed E-state index contributed by atoms with van der Waals surface area (Å²) in [7, 11) is -1.94. The fourth-order valence-corrected chi connectivity index (χ4v) is 3.38. The molecule has 0 heterocycles. The average molecular weight is 356 g/mol. The van der Waals surface area contributed by atoms with Crippen LogP contribution in [0.4, 0.5) is 4.39 Å². The molecule has 0 fully saturated rings.